The van der Waals surface area contributed by atoms with Gasteiger partial charge in [-0.2, -0.15) is 13.2 Å². The van der Waals surface area contributed by atoms with Gasteiger partial charge in [-0.25, -0.2) is 9.59 Å². The summed E-state index contributed by atoms with van der Waals surface area (Å²) in [5, 5.41) is 8.93. The third-order valence-corrected chi connectivity index (χ3v) is 1.52. The lowest BCUT2D eigenvalue weighted by atomic mass is 10.4. The van der Waals surface area contributed by atoms with E-state index in [1.165, 1.54) is 6.92 Å². The average molecular weight is 256 g/mol. The molecule has 0 aromatic heterocycles. The maximum absolute atomic E-state index is 12.0. The zero-order valence-corrected chi connectivity index (χ0v) is 9.08. The van der Waals surface area contributed by atoms with Crippen LogP contribution in [0.15, 0.2) is 12.2 Å². The third-order valence-electron chi connectivity index (χ3n) is 1.52. The molecule has 1 N–H and O–H groups in total. The van der Waals surface area contributed by atoms with E-state index in [4.69, 9.17) is 5.11 Å². The van der Waals surface area contributed by atoms with Crippen LogP contribution in [-0.2, 0) is 19.1 Å². The number of hydrogen-bond acceptors (Lipinski definition) is 5. The van der Waals surface area contributed by atoms with Crippen LogP contribution in [0.25, 0.3) is 0 Å². The highest BCUT2D eigenvalue weighted by Crippen LogP contribution is 2.22. The zero-order chi connectivity index (χ0) is 13.8. The molecule has 0 amide bonds. The molecule has 2 unspecified atom stereocenters. The Kier molecular flexibility index (Phi) is 5.14. The Hall–Kier alpha value is -1.57. The number of alkyl halides is 3. The normalized spacial score (nSPS) is 14.7. The van der Waals surface area contributed by atoms with E-state index in [9.17, 15) is 22.8 Å². The number of carbonyl (C=O) groups excluding carboxylic acids is 2. The van der Waals surface area contributed by atoms with E-state index in [1.54, 1.807) is 0 Å². The fraction of sp³-hybridized carbons (Fsp3) is 0.556. The number of esters is 2. The molecule has 17 heavy (non-hydrogen) atoms. The molecule has 0 aliphatic carbocycles. The quantitative estimate of drug-likeness (QED) is 0.460. The minimum atomic E-state index is -4.76. The summed E-state index contributed by atoms with van der Waals surface area (Å²) in [5.41, 5.74) is -0.124. The van der Waals surface area contributed by atoms with Gasteiger partial charge in [0.25, 0.3) is 6.29 Å². The van der Waals surface area contributed by atoms with Gasteiger partial charge in [0.2, 0.25) is 0 Å². The van der Waals surface area contributed by atoms with Crippen molar-refractivity contribution in [1.29, 1.82) is 0 Å². The molecule has 0 aromatic carbocycles. The minimum absolute atomic E-state index is 0.124. The number of rotatable bonds is 4. The largest absolute Gasteiger partial charge is 0.448 e. The lowest BCUT2D eigenvalue weighted by Crippen LogP contribution is -2.37. The van der Waals surface area contributed by atoms with Crippen molar-refractivity contribution in [3.8, 4) is 0 Å². The van der Waals surface area contributed by atoms with Gasteiger partial charge in [0.1, 0.15) is 0 Å². The van der Waals surface area contributed by atoms with Crippen molar-refractivity contribution in [3.05, 3.63) is 12.2 Å². The predicted molar refractivity (Wildman–Crippen MR) is 48.5 cm³/mol. The summed E-state index contributed by atoms with van der Waals surface area (Å²) < 4.78 is 43.8. The van der Waals surface area contributed by atoms with Crippen LogP contribution >= 0.6 is 0 Å². The van der Waals surface area contributed by atoms with Gasteiger partial charge in [-0.15, -0.1) is 0 Å². The Morgan fingerprint density at radius 1 is 1.29 bits per heavy atom. The summed E-state index contributed by atoms with van der Waals surface area (Å²) in [5.74, 6) is -2.82. The van der Waals surface area contributed by atoms with Gasteiger partial charge in [-0.1, -0.05) is 6.58 Å². The van der Waals surface area contributed by atoms with Crippen LogP contribution in [0.4, 0.5) is 13.2 Å². The van der Waals surface area contributed by atoms with E-state index in [2.05, 4.69) is 16.1 Å². The second-order valence-electron chi connectivity index (χ2n) is 3.16. The minimum Gasteiger partial charge on any atom is -0.448 e. The lowest BCUT2D eigenvalue weighted by Gasteiger charge is -2.18. The molecule has 0 radical (unpaired) electrons. The number of ether oxygens (including phenoxy) is 2. The van der Waals surface area contributed by atoms with Gasteiger partial charge in [0.05, 0.1) is 0 Å². The molecule has 98 valence electrons. The molecule has 0 aliphatic heterocycles. The molecule has 0 rings (SSSR count). The first-order valence-electron chi connectivity index (χ1n) is 4.37. The Labute approximate surface area is 94.8 Å². The van der Waals surface area contributed by atoms with Crippen LogP contribution in [0.1, 0.15) is 13.8 Å². The van der Waals surface area contributed by atoms with E-state index < -0.39 is 30.5 Å². The Bertz CT molecular complexity index is 323. The molecular weight excluding hydrogens is 245 g/mol. The third kappa shape index (κ3) is 5.34. The van der Waals surface area contributed by atoms with Crippen molar-refractivity contribution in [1.82, 2.24) is 0 Å². The summed E-state index contributed by atoms with van der Waals surface area (Å²) >= 11 is 0. The maximum atomic E-state index is 12.0. The van der Waals surface area contributed by atoms with Crippen LogP contribution in [-0.4, -0.2) is 35.6 Å². The number of carbonyl (C=O) groups is 2. The van der Waals surface area contributed by atoms with E-state index in [-0.39, 0.29) is 5.57 Å². The van der Waals surface area contributed by atoms with Crippen molar-refractivity contribution in [3.63, 3.8) is 0 Å². The molecule has 8 heteroatoms. The molecule has 0 aromatic rings. The van der Waals surface area contributed by atoms with Gasteiger partial charge < -0.3 is 14.6 Å². The number of halogens is 3. The first kappa shape index (κ1) is 15.4. The fourth-order valence-electron chi connectivity index (χ4n) is 0.549. The predicted octanol–water partition coefficient (Wildman–Crippen LogP) is 0.918. The van der Waals surface area contributed by atoms with Crippen molar-refractivity contribution < 1.29 is 37.3 Å². The topological polar surface area (TPSA) is 72.8 Å². The maximum Gasteiger partial charge on any atom is 0.425 e. The summed E-state index contributed by atoms with van der Waals surface area (Å²) in [7, 11) is 0. The smallest absolute Gasteiger partial charge is 0.425 e. The van der Waals surface area contributed by atoms with Crippen molar-refractivity contribution in [2.24, 2.45) is 0 Å². The number of aliphatic hydroxyl groups is 1. The summed E-state index contributed by atoms with van der Waals surface area (Å²) in [4.78, 5) is 21.7. The second-order valence-corrected chi connectivity index (χ2v) is 3.16. The molecule has 0 bridgehead atoms. The van der Waals surface area contributed by atoms with E-state index in [0.717, 1.165) is 0 Å². The highest BCUT2D eigenvalue weighted by molar-refractivity contribution is 5.89. The van der Waals surface area contributed by atoms with Crippen LogP contribution in [0, 0.1) is 0 Å². The Morgan fingerprint density at radius 2 is 1.76 bits per heavy atom. The van der Waals surface area contributed by atoms with E-state index in [0.29, 0.717) is 6.92 Å². The Balaban J connectivity index is 4.34. The molecule has 0 spiro atoms. The second kappa shape index (κ2) is 5.67. The van der Waals surface area contributed by atoms with Crippen molar-refractivity contribution in [2.45, 2.75) is 32.4 Å². The van der Waals surface area contributed by atoms with Gasteiger partial charge in [0.15, 0.2) is 6.10 Å². The molecule has 0 aliphatic rings. The Morgan fingerprint density at radius 3 is 2.12 bits per heavy atom. The molecule has 0 saturated heterocycles. The zero-order valence-electron chi connectivity index (χ0n) is 9.08. The monoisotopic (exact) mass is 256 g/mol. The van der Waals surface area contributed by atoms with Gasteiger partial charge in [0, 0.05) is 5.57 Å². The van der Waals surface area contributed by atoms with Gasteiger partial charge >= 0.3 is 18.1 Å². The van der Waals surface area contributed by atoms with Gasteiger partial charge in [-0.05, 0) is 13.8 Å². The summed E-state index contributed by atoms with van der Waals surface area (Å²) in [6.07, 6.45) is -9.58. The number of aliphatic hydroxyl groups excluding tert-OH is 1. The van der Waals surface area contributed by atoms with Crippen LogP contribution in [0.2, 0.25) is 0 Å². The van der Waals surface area contributed by atoms with Gasteiger partial charge in [-0.3, -0.25) is 0 Å². The van der Waals surface area contributed by atoms with Crippen LogP contribution in [0.5, 0.6) is 0 Å². The number of hydrogen-bond donors (Lipinski definition) is 1. The summed E-state index contributed by atoms with van der Waals surface area (Å²) in [6, 6.07) is 0. The van der Waals surface area contributed by atoms with E-state index in [1.807, 2.05) is 0 Å². The first-order valence-corrected chi connectivity index (χ1v) is 4.37. The van der Waals surface area contributed by atoms with Crippen LogP contribution < -0.4 is 0 Å². The lowest BCUT2D eigenvalue weighted by molar-refractivity contribution is -0.230. The van der Waals surface area contributed by atoms with E-state index >= 15 is 0 Å². The molecule has 0 heterocycles. The molecule has 2 atom stereocenters. The standard InChI is InChI=1S/C9H11F3O5/c1-4(2)6(13)17-8(15)7(14)16-5(3)9(10,11)12/h5,8,15H,1H2,2-3H3. The van der Waals surface area contributed by atoms with Crippen molar-refractivity contribution >= 4 is 11.9 Å². The fourth-order valence-corrected chi connectivity index (χ4v) is 0.549. The highest BCUT2D eigenvalue weighted by atomic mass is 19.4. The molecule has 0 saturated carbocycles. The molecular formula is C9H11F3O5. The van der Waals surface area contributed by atoms with Crippen molar-refractivity contribution in [2.75, 3.05) is 0 Å². The summed E-state index contributed by atoms with van der Waals surface area (Å²) in [6.45, 7) is 4.96. The van der Waals surface area contributed by atoms with Crippen LogP contribution in [0.3, 0.4) is 0 Å². The average Bonchev–Trinajstić information content (AvgIpc) is 2.15. The highest BCUT2D eigenvalue weighted by Gasteiger charge is 2.40. The first-order chi connectivity index (χ1) is 7.55. The SMILES string of the molecule is C=C(C)C(=O)OC(O)C(=O)OC(C)C(F)(F)F. The molecule has 0 fully saturated rings. The molecule has 5 nitrogen and oxygen atoms in total.